The molecule has 33 heavy (non-hydrogen) atoms. The van der Waals surface area contributed by atoms with Crippen LogP contribution in [-0.2, 0) is 16.0 Å². The fourth-order valence-corrected chi connectivity index (χ4v) is 4.41. The molecule has 3 rings (SSSR count). The van der Waals surface area contributed by atoms with Gasteiger partial charge in [-0.15, -0.1) is 12.8 Å². The number of oxazole rings is 1. The smallest absolute Gasteiger partial charge is 0.307 e. The molecule has 1 aliphatic rings. The van der Waals surface area contributed by atoms with E-state index in [0.717, 1.165) is 29.9 Å². The van der Waals surface area contributed by atoms with Gasteiger partial charge in [-0.05, 0) is 69.2 Å². The predicted octanol–water partition coefficient (Wildman–Crippen LogP) is 6.16. The van der Waals surface area contributed by atoms with Crippen LogP contribution in [-0.4, -0.2) is 29.3 Å². The van der Waals surface area contributed by atoms with E-state index in [1.807, 2.05) is 32.9 Å². The summed E-state index contributed by atoms with van der Waals surface area (Å²) >= 11 is 0. The Balaban J connectivity index is 0.00000187. The first-order valence-electron chi connectivity index (χ1n) is 11.5. The number of nitrogens with zero attached hydrogens (tertiary/aromatic N) is 1. The fourth-order valence-electron chi connectivity index (χ4n) is 4.41. The molecular formula is C28H35NO4. The van der Waals surface area contributed by atoms with Gasteiger partial charge >= 0.3 is 5.97 Å². The SMILES string of the molecule is C#C.C/C=C1\C(=C/COCCc2nc(-c3ccc(C)cc3)oc2C)CCC1C(CC)C(=O)O. The van der Waals surface area contributed by atoms with E-state index >= 15 is 0 Å². The number of carbonyl (C=O) groups is 1. The summed E-state index contributed by atoms with van der Waals surface area (Å²) in [7, 11) is 0. The van der Waals surface area contributed by atoms with Crippen molar-refractivity contribution in [3.05, 3.63) is 64.6 Å². The minimum absolute atomic E-state index is 0.108. The second-order valence-electron chi connectivity index (χ2n) is 8.18. The van der Waals surface area contributed by atoms with Crippen LogP contribution in [0.2, 0.25) is 0 Å². The van der Waals surface area contributed by atoms with Gasteiger partial charge in [0.1, 0.15) is 5.76 Å². The number of aromatic nitrogens is 1. The number of ether oxygens (including phenoxy) is 1. The van der Waals surface area contributed by atoms with Gasteiger partial charge in [-0.2, -0.15) is 0 Å². The second kappa shape index (κ2) is 12.8. The molecular weight excluding hydrogens is 414 g/mol. The van der Waals surface area contributed by atoms with Gasteiger partial charge in [0.25, 0.3) is 0 Å². The number of aryl methyl sites for hydroxylation is 2. The summed E-state index contributed by atoms with van der Waals surface area (Å²) in [4.78, 5) is 16.2. The van der Waals surface area contributed by atoms with Crippen LogP contribution in [0, 0.1) is 38.5 Å². The summed E-state index contributed by atoms with van der Waals surface area (Å²) in [5.74, 6) is 0.574. The number of aliphatic carboxylic acids is 1. The quantitative estimate of drug-likeness (QED) is 0.367. The first-order valence-corrected chi connectivity index (χ1v) is 11.5. The highest BCUT2D eigenvalue weighted by molar-refractivity contribution is 5.71. The standard InChI is InChI=1S/C26H33NO4.C2H2/c1-5-21-19(11-12-23(21)22(6-2)26(28)29)13-15-30-16-14-24-18(4)31-25(27-24)20-9-7-17(3)8-10-20;1-2/h5,7-10,13,22-23H,6,11-12,14-16H2,1-4H3,(H,28,29);1-2H/b19-13-,21-5+;. The molecule has 1 heterocycles. The molecule has 5 heteroatoms. The molecule has 0 amide bonds. The zero-order chi connectivity index (χ0) is 24.4. The Bertz CT molecular complexity index is 995. The first-order chi connectivity index (χ1) is 15.9. The van der Waals surface area contributed by atoms with E-state index in [1.165, 1.54) is 16.7 Å². The van der Waals surface area contributed by atoms with Crippen molar-refractivity contribution < 1.29 is 19.1 Å². The molecule has 0 bridgehead atoms. The van der Waals surface area contributed by atoms with E-state index in [0.29, 0.717) is 31.9 Å². The van der Waals surface area contributed by atoms with Gasteiger partial charge in [0.05, 0.1) is 24.8 Å². The lowest BCUT2D eigenvalue weighted by Gasteiger charge is -2.19. The van der Waals surface area contributed by atoms with Crippen LogP contribution < -0.4 is 0 Å². The second-order valence-corrected chi connectivity index (χ2v) is 8.18. The minimum atomic E-state index is -0.697. The molecule has 0 spiro atoms. The molecule has 1 saturated carbocycles. The van der Waals surface area contributed by atoms with E-state index in [-0.39, 0.29) is 11.8 Å². The van der Waals surface area contributed by atoms with Crippen LogP contribution >= 0.6 is 0 Å². The van der Waals surface area contributed by atoms with Crippen LogP contribution in [0.4, 0.5) is 0 Å². The third-order valence-electron chi connectivity index (χ3n) is 6.17. The Kier molecular flexibility index (Phi) is 10.2. The van der Waals surface area contributed by atoms with E-state index in [2.05, 4.69) is 49.0 Å². The molecule has 2 aromatic rings. The van der Waals surface area contributed by atoms with Gasteiger partial charge in [-0.3, -0.25) is 4.79 Å². The third kappa shape index (κ3) is 6.69. The Hall–Kier alpha value is -3.10. The van der Waals surface area contributed by atoms with E-state index < -0.39 is 5.97 Å². The average molecular weight is 450 g/mol. The third-order valence-corrected chi connectivity index (χ3v) is 6.17. The molecule has 0 radical (unpaired) electrons. The van der Waals surface area contributed by atoms with Gasteiger partial charge in [0.2, 0.25) is 5.89 Å². The molecule has 1 aromatic carbocycles. The molecule has 1 fully saturated rings. The van der Waals surface area contributed by atoms with Crippen molar-refractivity contribution in [2.45, 2.75) is 53.4 Å². The number of carboxylic acid groups (broad SMARTS) is 1. The average Bonchev–Trinajstić information content (AvgIpc) is 3.39. The fraction of sp³-hybridized carbons (Fsp3) is 0.429. The van der Waals surface area contributed by atoms with E-state index in [9.17, 15) is 9.90 Å². The molecule has 176 valence electrons. The number of rotatable bonds is 9. The van der Waals surface area contributed by atoms with Crippen LogP contribution in [0.1, 0.15) is 50.1 Å². The van der Waals surface area contributed by atoms with E-state index in [1.54, 1.807) is 0 Å². The van der Waals surface area contributed by atoms with Crippen molar-refractivity contribution in [2.24, 2.45) is 11.8 Å². The number of terminal acetylenes is 1. The highest BCUT2D eigenvalue weighted by Gasteiger charge is 2.34. The van der Waals surface area contributed by atoms with Crippen molar-refractivity contribution in [3.8, 4) is 24.3 Å². The topological polar surface area (TPSA) is 72.6 Å². The first kappa shape index (κ1) is 26.2. The van der Waals surface area contributed by atoms with Gasteiger partial charge in [-0.1, -0.05) is 36.8 Å². The van der Waals surface area contributed by atoms with Crippen LogP contribution in [0.3, 0.4) is 0 Å². The summed E-state index contributed by atoms with van der Waals surface area (Å²) in [5, 5.41) is 9.51. The Morgan fingerprint density at radius 3 is 2.61 bits per heavy atom. The van der Waals surface area contributed by atoms with Crippen molar-refractivity contribution in [2.75, 3.05) is 13.2 Å². The van der Waals surface area contributed by atoms with Gasteiger partial charge in [0, 0.05) is 12.0 Å². The van der Waals surface area contributed by atoms with Gasteiger partial charge < -0.3 is 14.3 Å². The molecule has 0 saturated heterocycles. The maximum Gasteiger partial charge on any atom is 0.307 e. The van der Waals surface area contributed by atoms with Crippen molar-refractivity contribution in [3.63, 3.8) is 0 Å². The monoisotopic (exact) mass is 449 g/mol. The van der Waals surface area contributed by atoms with Gasteiger partial charge in [0.15, 0.2) is 0 Å². The summed E-state index contributed by atoms with van der Waals surface area (Å²) in [6.07, 6.45) is 15.3. The van der Waals surface area contributed by atoms with Crippen molar-refractivity contribution >= 4 is 5.97 Å². The van der Waals surface area contributed by atoms with E-state index in [4.69, 9.17) is 9.15 Å². The Morgan fingerprint density at radius 1 is 1.30 bits per heavy atom. The molecule has 1 aromatic heterocycles. The van der Waals surface area contributed by atoms with Crippen LogP contribution in [0.25, 0.3) is 11.5 Å². The van der Waals surface area contributed by atoms with Gasteiger partial charge in [-0.25, -0.2) is 4.98 Å². The van der Waals surface area contributed by atoms with Crippen LogP contribution in [0.15, 0.2) is 52.0 Å². The lowest BCUT2D eigenvalue weighted by Crippen LogP contribution is -2.22. The summed E-state index contributed by atoms with van der Waals surface area (Å²) < 4.78 is 11.7. The number of benzene rings is 1. The molecule has 1 N–H and O–H groups in total. The number of hydrogen-bond donors (Lipinski definition) is 1. The molecule has 1 aliphatic carbocycles. The Morgan fingerprint density at radius 2 is 2.00 bits per heavy atom. The molecule has 0 aliphatic heterocycles. The summed E-state index contributed by atoms with van der Waals surface area (Å²) in [5.41, 5.74) is 5.51. The summed E-state index contributed by atoms with van der Waals surface area (Å²) in [6.45, 7) is 9.02. The molecule has 2 unspecified atom stereocenters. The highest BCUT2D eigenvalue weighted by Crippen LogP contribution is 2.41. The largest absolute Gasteiger partial charge is 0.481 e. The molecule has 5 nitrogen and oxygen atoms in total. The number of allylic oxidation sites excluding steroid dienone is 3. The maximum atomic E-state index is 11.6. The molecule has 2 atom stereocenters. The predicted molar refractivity (Wildman–Crippen MR) is 132 cm³/mol. The zero-order valence-corrected chi connectivity index (χ0v) is 20.1. The number of hydrogen-bond acceptors (Lipinski definition) is 4. The van der Waals surface area contributed by atoms with Crippen molar-refractivity contribution in [1.82, 2.24) is 4.98 Å². The highest BCUT2D eigenvalue weighted by atomic mass is 16.5. The zero-order valence-electron chi connectivity index (χ0n) is 20.1. The number of carboxylic acids is 1. The van der Waals surface area contributed by atoms with Crippen LogP contribution in [0.5, 0.6) is 0 Å². The minimum Gasteiger partial charge on any atom is -0.481 e. The normalized spacial score (nSPS) is 18.8. The summed E-state index contributed by atoms with van der Waals surface area (Å²) in [6, 6.07) is 8.15. The lowest BCUT2D eigenvalue weighted by atomic mass is 9.85. The Labute approximate surface area is 197 Å². The van der Waals surface area contributed by atoms with Crippen molar-refractivity contribution in [1.29, 1.82) is 0 Å². The maximum absolute atomic E-state index is 11.6. The lowest BCUT2D eigenvalue weighted by molar-refractivity contribution is -0.143.